The molecule has 2 heterocycles. The number of carbonyl (C=O) groups excluding carboxylic acids is 1. The maximum atomic E-state index is 12.7. The first-order valence-electron chi connectivity index (χ1n) is 7.92. The van der Waals surface area contributed by atoms with Crippen LogP contribution in [0, 0.1) is 13.8 Å². The van der Waals surface area contributed by atoms with Crippen LogP contribution >= 0.6 is 15.9 Å². The van der Waals surface area contributed by atoms with Crippen LogP contribution in [0.15, 0.2) is 34.8 Å². The second-order valence-electron chi connectivity index (χ2n) is 6.12. The first-order valence-corrected chi connectivity index (χ1v) is 8.72. The molecular weight excluding hydrogens is 382 g/mol. The smallest absolute Gasteiger partial charge is 0.271 e. The van der Waals surface area contributed by atoms with Crippen molar-refractivity contribution in [2.75, 3.05) is 7.05 Å². The van der Waals surface area contributed by atoms with Gasteiger partial charge >= 0.3 is 0 Å². The summed E-state index contributed by atoms with van der Waals surface area (Å²) >= 11 is 3.41. The number of amides is 1. The van der Waals surface area contributed by atoms with Crippen LogP contribution in [0.3, 0.4) is 0 Å². The Morgan fingerprint density at radius 2 is 1.96 bits per heavy atom. The lowest BCUT2D eigenvalue weighted by Gasteiger charge is -2.16. The van der Waals surface area contributed by atoms with Gasteiger partial charge in [0.25, 0.3) is 5.91 Å². The van der Waals surface area contributed by atoms with Crippen LogP contribution in [0.1, 0.15) is 27.4 Å². The summed E-state index contributed by atoms with van der Waals surface area (Å²) in [5.74, 6) is -0.0964. The Morgan fingerprint density at radius 3 is 2.56 bits per heavy atom. The maximum Gasteiger partial charge on any atom is 0.271 e. The van der Waals surface area contributed by atoms with Crippen molar-refractivity contribution < 1.29 is 4.79 Å². The predicted octanol–water partition coefficient (Wildman–Crippen LogP) is 3.46. The third-order valence-corrected chi connectivity index (χ3v) is 4.78. The Morgan fingerprint density at radius 1 is 1.28 bits per heavy atom. The minimum atomic E-state index is -0.0964. The van der Waals surface area contributed by atoms with Crippen LogP contribution in [0.4, 0.5) is 0 Å². The summed E-state index contributed by atoms with van der Waals surface area (Å²) in [6.45, 7) is 4.47. The van der Waals surface area contributed by atoms with E-state index in [0.717, 1.165) is 32.7 Å². The van der Waals surface area contributed by atoms with Crippen molar-refractivity contribution >= 4 is 21.8 Å². The molecule has 1 N–H and O–H groups in total. The number of hydrogen-bond acceptors (Lipinski definition) is 3. The third kappa shape index (κ3) is 3.51. The van der Waals surface area contributed by atoms with Crippen LogP contribution in [0.25, 0.3) is 11.3 Å². The summed E-state index contributed by atoms with van der Waals surface area (Å²) in [7, 11) is 3.68. The molecule has 0 radical (unpaired) electrons. The number of halogens is 1. The highest BCUT2D eigenvalue weighted by molar-refractivity contribution is 9.10. The number of benzene rings is 1. The first kappa shape index (κ1) is 17.4. The molecule has 0 bridgehead atoms. The molecule has 1 amide bonds. The predicted molar refractivity (Wildman–Crippen MR) is 100 cm³/mol. The number of nitrogens with one attached hydrogen (secondary N) is 1. The van der Waals surface area contributed by atoms with Crippen LogP contribution in [0.2, 0.25) is 0 Å². The molecule has 0 unspecified atom stereocenters. The normalized spacial score (nSPS) is 10.9. The van der Waals surface area contributed by atoms with Crippen LogP contribution < -0.4 is 0 Å². The van der Waals surface area contributed by atoms with Gasteiger partial charge in [-0.15, -0.1) is 0 Å². The molecule has 7 heteroatoms. The van der Waals surface area contributed by atoms with E-state index in [0.29, 0.717) is 12.2 Å². The van der Waals surface area contributed by atoms with Gasteiger partial charge in [-0.1, -0.05) is 28.1 Å². The van der Waals surface area contributed by atoms with Crippen molar-refractivity contribution in [2.45, 2.75) is 20.4 Å². The van der Waals surface area contributed by atoms with E-state index in [4.69, 9.17) is 0 Å². The van der Waals surface area contributed by atoms with Crippen molar-refractivity contribution in [1.82, 2.24) is 24.9 Å². The fourth-order valence-corrected chi connectivity index (χ4v) is 3.11. The van der Waals surface area contributed by atoms with E-state index in [1.165, 1.54) is 0 Å². The number of aromatic amines is 1. The van der Waals surface area contributed by atoms with Crippen molar-refractivity contribution in [3.8, 4) is 11.3 Å². The van der Waals surface area contributed by atoms with E-state index < -0.39 is 0 Å². The van der Waals surface area contributed by atoms with Gasteiger partial charge in [-0.05, 0) is 37.6 Å². The Bertz CT molecular complexity index is 910. The second kappa shape index (κ2) is 6.84. The molecule has 6 nitrogen and oxygen atoms in total. The summed E-state index contributed by atoms with van der Waals surface area (Å²) < 4.78 is 2.84. The molecule has 0 aliphatic heterocycles. The van der Waals surface area contributed by atoms with E-state index >= 15 is 0 Å². The first-order chi connectivity index (χ1) is 11.9. The number of carbonyl (C=O) groups is 1. The average molecular weight is 402 g/mol. The molecule has 0 spiro atoms. The van der Waals surface area contributed by atoms with Gasteiger partial charge in [0, 0.05) is 36.4 Å². The van der Waals surface area contributed by atoms with Crippen LogP contribution in [-0.4, -0.2) is 37.8 Å². The van der Waals surface area contributed by atoms with Gasteiger partial charge < -0.3 is 4.90 Å². The molecule has 0 aliphatic rings. The quantitative estimate of drug-likeness (QED) is 0.727. The molecule has 1 aromatic carbocycles. The van der Waals surface area contributed by atoms with E-state index in [-0.39, 0.29) is 5.91 Å². The van der Waals surface area contributed by atoms with Gasteiger partial charge in [0.05, 0.1) is 11.4 Å². The molecule has 0 saturated heterocycles. The van der Waals surface area contributed by atoms with E-state index in [1.807, 2.05) is 49.8 Å². The average Bonchev–Trinajstić information content (AvgIpc) is 3.14. The Hall–Kier alpha value is -2.41. The van der Waals surface area contributed by atoms with Gasteiger partial charge in [-0.3, -0.25) is 14.6 Å². The zero-order chi connectivity index (χ0) is 18.1. The number of rotatable bonds is 4. The van der Waals surface area contributed by atoms with Crippen LogP contribution in [0.5, 0.6) is 0 Å². The molecule has 0 fully saturated rings. The van der Waals surface area contributed by atoms with Crippen molar-refractivity contribution in [2.24, 2.45) is 7.05 Å². The number of nitrogens with zero attached hydrogens (tertiary/aromatic N) is 4. The minimum Gasteiger partial charge on any atom is -0.336 e. The lowest BCUT2D eigenvalue weighted by Crippen LogP contribution is -2.26. The van der Waals surface area contributed by atoms with Crippen molar-refractivity contribution in [3.63, 3.8) is 0 Å². The highest BCUT2D eigenvalue weighted by atomic mass is 79.9. The number of H-pyrrole nitrogens is 1. The molecule has 2 aromatic heterocycles. The number of aryl methyl sites for hydroxylation is 2. The minimum absolute atomic E-state index is 0.0964. The lowest BCUT2D eigenvalue weighted by molar-refractivity contribution is 0.0779. The number of aromatic nitrogens is 4. The zero-order valence-electron chi connectivity index (χ0n) is 14.7. The SMILES string of the molecule is Cc1nn(C)c(C)c1-c1cc(C(=O)N(C)Cc2ccc(Br)cc2)[nH]n1. The summed E-state index contributed by atoms with van der Waals surface area (Å²) in [6, 6.07) is 9.71. The largest absolute Gasteiger partial charge is 0.336 e. The molecular formula is C18H20BrN5O. The van der Waals surface area contributed by atoms with Gasteiger partial charge in [0.2, 0.25) is 0 Å². The Labute approximate surface area is 155 Å². The van der Waals surface area contributed by atoms with Gasteiger partial charge in [0.1, 0.15) is 5.69 Å². The maximum absolute atomic E-state index is 12.7. The highest BCUT2D eigenvalue weighted by Gasteiger charge is 2.19. The van der Waals surface area contributed by atoms with Gasteiger partial charge in [-0.2, -0.15) is 10.2 Å². The molecule has 130 valence electrons. The fourth-order valence-electron chi connectivity index (χ4n) is 2.84. The number of hydrogen-bond donors (Lipinski definition) is 1. The Kier molecular flexibility index (Phi) is 4.76. The van der Waals surface area contributed by atoms with E-state index in [1.54, 1.807) is 18.0 Å². The molecule has 3 rings (SSSR count). The monoisotopic (exact) mass is 401 g/mol. The topological polar surface area (TPSA) is 66.8 Å². The molecule has 25 heavy (non-hydrogen) atoms. The summed E-state index contributed by atoms with van der Waals surface area (Å²) in [5.41, 5.74) is 5.16. The van der Waals surface area contributed by atoms with E-state index in [2.05, 4.69) is 31.2 Å². The lowest BCUT2D eigenvalue weighted by atomic mass is 10.1. The van der Waals surface area contributed by atoms with Crippen molar-refractivity contribution in [1.29, 1.82) is 0 Å². The molecule has 0 aliphatic carbocycles. The van der Waals surface area contributed by atoms with Gasteiger partial charge in [-0.25, -0.2) is 0 Å². The summed E-state index contributed by atoms with van der Waals surface area (Å²) in [5, 5.41) is 11.6. The standard InChI is InChI=1S/C18H20BrN5O/c1-11-17(12(2)24(4)22-11)15-9-16(21-20-15)18(25)23(3)10-13-5-7-14(19)8-6-13/h5-9H,10H2,1-4H3,(H,20,21). The van der Waals surface area contributed by atoms with Gasteiger partial charge in [0.15, 0.2) is 0 Å². The summed E-state index contributed by atoms with van der Waals surface area (Å²) in [6.07, 6.45) is 0. The molecule has 3 aromatic rings. The second-order valence-corrected chi connectivity index (χ2v) is 7.04. The zero-order valence-corrected chi connectivity index (χ0v) is 16.3. The molecule has 0 atom stereocenters. The van der Waals surface area contributed by atoms with Crippen molar-refractivity contribution in [3.05, 3.63) is 57.4 Å². The van der Waals surface area contributed by atoms with Crippen LogP contribution in [-0.2, 0) is 13.6 Å². The fraction of sp³-hybridized carbons (Fsp3) is 0.278. The molecule has 0 saturated carbocycles. The Balaban J connectivity index is 1.79. The summed E-state index contributed by atoms with van der Waals surface area (Å²) in [4.78, 5) is 14.3. The third-order valence-electron chi connectivity index (χ3n) is 4.25. The highest BCUT2D eigenvalue weighted by Crippen LogP contribution is 2.25. The van der Waals surface area contributed by atoms with E-state index in [9.17, 15) is 4.79 Å².